The number of nitrogens with two attached hydrogens (primary N) is 1. The van der Waals surface area contributed by atoms with E-state index >= 15 is 0 Å². The quantitative estimate of drug-likeness (QED) is 0.580. The summed E-state index contributed by atoms with van der Waals surface area (Å²) in [5.74, 6) is 1.08. The van der Waals surface area contributed by atoms with Crippen molar-refractivity contribution in [1.82, 2.24) is 24.6 Å². The Bertz CT molecular complexity index is 1210. The normalized spacial score (nSPS) is 16.5. The van der Waals surface area contributed by atoms with Crippen molar-refractivity contribution in [3.8, 4) is 11.8 Å². The molecule has 10 heteroatoms. The standard InChI is InChI=1S/C22H26ClN7O2/c1-11(9-31)29-7-14(8-29)19-16(6-24)17(23)5-15(20(19)32-4)13(3)30-22-18(12(2)28-30)21(25)26-10-27-22/h5,10-11,13-14,31H,7-9H2,1-4H3,(H2,25,26,27)/t11?,13-/m1/s1. The summed E-state index contributed by atoms with van der Waals surface area (Å²) in [6, 6.07) is 3.80. The van der Waals surface area contributed by atoms with Gasteiger partial charge in [-0.1, -0.05) is 11.6 Å². The number of methoxy groups -OCH3 is 1. The van der Waals surface area contributed by atoms with Crippen molar-refractivity contribution >= 4 is 28.5 Å². The molecule has 1 aliphatic heterocycles. The van der Waals surface area contributed by atoms with Crippen LogP contribution in [0.15, 0.2) is 12.4 Å². The van der Waals surface area contributed by atoms with Crippen LogP contribution in [0.25, 0.3) is 11.0 Å². The first kappa shape index (κ1) is 22.3. The lowest BCUT2D eigenvalue weighted by atomic mass is 9.84. The number of likely N-dealkylation sites (tertiary alicyclic amines) is 1. The molecule has 32 heavy (non-hydrogen) atoms. The van der Waals surface area contributed by atoms with Crippen molar-refractivity contribution in [2.45, 2.75) is 38.8 Å². The number of halogens is 1. The van der Waals surface area contributed by atoms with Crippen LogP contribution in [0.1, 0.15) is 48.2 Å². The van der Waals surface area contributed by atoms with Crippen molar-refractivity contribution in [1.29, 1.82) is 5.26 Å². The first-order valence-electron chi connectivity index (χ1n) is 10.4. The highest BCUT2D eigenvalue weighted by Gasteiger charge is 2.37. The number of aromatic nitrogens is 4. The number of hydrogen-bond donors (Lipinski definition) is 2. The molecule has 1 aromatic carbocycles. The van der Waals surface area contributed by atoms with Crippen LogP contribution in [0.3, 0.4) is 0 Å². The molecule has 1 fully saturated rings. The second kappa shape index (κ2) is 8.54. The number of benzene rings is 1. The molecule has 0 aliphatic carbocycles. The molecule has 4 rings (SSSR count). The van der Waals surface area contributed by atoms with Crippen LogP contribution in [0.2, 0.25) is 5.02 Å². The average molecular weight is 456 g/mol. The molecule has 1 aliphatic rings. The van der Waals surface area contributed by atoms with Crippen LogP contribution in [0, 0.1) is 18.3 Å². The third-order valence-electron chi connectivity index (χ3n) is 6.33. The molecule has 9 nitrogen and oxygen atoms in total. The van der Waals surface area contributed by atoms with E-state index in [9.17, 15) is 10.4 Å². The molecule has 2 aromatic heterocycles. The van der Waals surface area contributed by atoms with Crippen LogP contribution in [-0.2, 0) is 0 Å². The lowest BCUT2D eigenvalue weighted by Crippen LogP contribution is -2.51. The van der Waals surface area contributed by atoms with E-state index in [1.54, 1.807) is 17.9 Å². The Kier molecular flexibility index (Phi) is 5.95. The van der Waals surface area contributed by atoms with Crippen molar-refractivity contribution in [3.63, 3.8) is 0 Å². The Hall–Kier alpha value is -2.93. The SMILES string of the molecule is COc1c([C@@H](C)n2nc(C)c3c(N)ncnc32)cc(Cl)c(C#N)c1C1CN(C(C)CO)C1. The van der Waals surface area contributed by atoms with Crippen molar-refractivity contribution in [3.05, 3.63) is 39.8 Å². The molecule has 0 saturated carbocycles. The molecule has 0 amide bonds. The van der Waals surface area contributed by atoms with Crippen LogP contribution in [0.5, 0.6) is 5.75 Å². The summed E-state index contributed by atoms with van der Waals surface area (Å²) >= 11 is 6.59. The number of nitrogen functional groups attached to an aromatic ring is 1. The van der Waals surface area contributed by atoms with Crippen LogP contribution in [-0.4, -0.2) is 62.6 Å². The summed E-state index contributed by atoms with van der Waals surface area (Å²) in [6.45, 7) is 7.34. The van der Waals surface area contributed by atoms with Gasteiger partial charge >= 0.3 is 0 Å². The molecule has 3 aromatic rings. The van der Waals surface area contributed by atoms with Gasteiger partial charge in [-0.15, -0.1) is 0 Å². The van der Waals surface area contributed by atoms with Gasteiger partial charge in [0.25, 0.3) is 0 Å². The summed E-state index contributed by atoms with van der Waals surface area (Å²) in [5, 5.41) is 25.0. The second-order valence-electron chi connectivity index (χ2n) is 8.23. The van der Waals surface area contributed by atoms with E-state index < -0.39 is 0 Å². The Morgan fingerprint density at radius 3 is 2.72 bits per heavy atom. The topological polar surface area (TPSA) is 126 Å². The van der Waals surface area contributed by atoms with E-state index in [2.05, 4.69) is 26.0 Å². The van der Waals surface area contributed by atoms with Crippen molar-refractivity contribution in [2.24, 2.45) is 0 Å². The smallest absolute Gasteiger partial charge is 0.164 e. The monoisotopic (exact) mass is 455 g/mol. The molecular weight excluding hydrogens is 430 g/mol. The van der Waals surface area contributed by atoms with Gasteiger partial charge in [0.05, 0.1) is 41.4 Å². The van der Waals surface area contributed by atoms with Gasteiger partial charge in [-0.05, 0) is 26.8 Å². The predicted molar refractivity (Wildman–Crippen MR) is 122 cm³/mol. The van der Waals surface area contributed by atoms with E-state index in [4.69, 9.17) is 22.1 Å². The first-order valence-corrected chi connectivity index (χ1v) is 10.8. The maximum Gasteiger partial charge on any atom is 0.164 e. The molecule has 3 heterocycles. The van der Waals surface area contributed by atoms with Crippen molar-refractivity contribution in [2.75, 3.05) is 32.5 Å². The fraction of sp³-hybridized carbons (Fsp3) is 0.455. The van der Waals surface area contributed by atoms with Gasteiger partial charge in [-0.3, -0.25) is 4.90 Å². The van der Waals surface area contributed by atoms with Gasteiger partial charge in [0.2, 0.25) is 0 Å². The van der Waals surface area contributed by atoms with E-state index in [-0.39, 0.29) is 24.6 Å². The maximum absolute atomic E-state index is 9.84. The Labute approximate surface area is 191 Å². The molecule has 0 bridgehead atoms. The van der Waals surface area contributed by atoms with Gasteiger partial charge in [-0.25, -0.2) is 14.6 Å². The zero-order chi connectivity index (χ0) is 23.2. The zero-order valence-corrected chi connectivity index (χ0v) is 19.3. The number of rotatable bonds is 6. The van der Waals surface area contributed by atoms with Gasteiger partial charge in [0, 0.05) is 36.2 Å². The second-order valence-corrected chi connectivity index (χ2v) is 8.63. The highest BCUT2D eigenvalue weighted by atomic mass is 35.5. The van der Waals surface area contributed by atoms with Crippen LogP contribution in [0.4, 0.5) is 5.82 Å². The molecule has 0 radical (unpaired) electrons. The molecule has 1 saturated heterocycles. The summed E-state index contributed by atoms with van der Waals surface area (Å²) in [4.78, 5) is 10.6. The van der Waals surface area contributed by atoms with E-state index in [0.29, 0.717) is 46.3 Å². The lowest BCUT2D eigenvalue weighted by molar-refractivity contribution is 0.0620. The minimum absolute atomic E-state index is 0.0592. The number of anilines is 1. The Morgan fingerprint density at radius 2 is 2.09 bits per heavy atom. The fourth-order valence-corrected chi connectivity index (χ4v) is 4.72. The Morgan fingerprint density at radius 1 is 1.38 bits per heavy atom. The highest BCUT2D eigenvalue weighted by molar-refractivity contribution is 6.32. The van der Waals surface area contributed by atoms with Gasteiger partial charge in [0.15, 0.2) is 5.65 Å². The molecular formula is C22H26ClN7O2. The number of aliphatic hydroxyl groups excluding tert-OH is 1. The van der Waals surface area contributed by atoms with Crippen LogP contribution >= 0.6 is 11.6 Å². The molecule has 0 spiro atoms. The number of fused-ring (bicyclic) bond motifs is 1. The average Bonchev–Trinajstić information content (AvgIpc) is 3.09. The number of nitriles is 1. The summed E-state index contributed by atoms with van der Waals surface area (Å²) < 4.78 is 7.65. The number of ether oxygens (including phenoxy) is 1. The van der Waals surface area contributed by atoms with E-state index in [0.717, 1.165) is 16.8 Å². The van der Waals surface area contributed by atoms with Crippen LogP contribution < -0.4 is 10.5 Å². The minimum Gasteiger partial charge on any atom is -0.496 e. The summed E-state index contributed by atoms with van der Waals surface area (Å²) in [7, 11) is 1.60. The largest absolute Gasteiger partial charge is 0.496 e. The number of nitrogens with zero attached hydrogens (tertiary/aromatic N) is 6. The third-order valence-corrected chi connectivity index (χ3v) is 6.63. The van der Waals surface area contributed by atoms with Gasteiger partial charge < -0.3 is 15.6 Å². The number of hydrogen-bond acceptors (Lipinski definition) is 8. The van der Waals surface area contributed by atoms with Crippen molar-refractivity contribution < 1.29 is 9.84 Å². The third kappa shape index (κ3) is 3.45. The van der Waals surface area contributed by atoms with E-state index in [1.807, 2.05) is 20.8 Å². The molecule has 1 unspecified atom stereocenters. The number of aryl methyl sites for hydroxylation is 1. The summed E-state index contributed by atoms with van der Waals surface area (Å²) in [5.41, 5.74) is 9.44. The maximum atomic E-state index is 9.84. The first-order chi connectivity index (χ1) is 15.3. The van der Waals surface area contributed by atoms with Gasteiger partial charge in [0.1, 0.15) is 24.0 Å². The molecule has 2 atom stereocenters. The molecule has 168 valence electrons. The predicted octanol–water partition coefficient (Wildman–Crippen LogP) is 2.64. The van der Waals surface area contributed by atoms with E-state index in [1.165, 1.54) is 6.33 Å². The fourth-order valence-electron chi connectivity index (χ4n) is 4.45. The zero-order valence-electron chi connectivity index (χ0n) is 18.5. The van der Waals surface area contributed by atoms with Gasteiger partial charge in [-0.2, -0.15) is 10.4 Å². The Balaban J connectivity index is 1.83. The lowest BCUT2D eigenvalue weighted by Gasteiger charge is -2.43. The molecule has 3 N–H and O–H groups in total. The minimum atomic E-state index is -0.285. The summed E-state index contributed by atoms with van der Waals surface area (Å²) in [6.07, 6.45) is 1.42. The highest BCUT2D eigenvalue weighted by Crippen LogP contribution is 2.44. The number of aliphatic hydroxyl groups is 1.